The van der Waals surface area contributed by atoms with E-state index in [9.17, 15) is 9.59 Å². The van der Waals surface area contributed by atoms with Gasteiger partial charge in [-0.2, -0.15) is 4.57 Å². The molecule has 0 bridgehead atoms. The zero-order valence-corrected chi connectivity index (χ0v) is 13.1. The summed E-state index contributed by atoms with van der Waals surface area (Å²) in [4.78, 5) is 28.9. The summed E-state index contributed by atoms with van der Waals surface area (Å²) < 4.78 is 6.29. The number of aromatic nitrogens is 2. The van der Waals surface area contributed by atoms with E-state index in [-0.39, 0.29) is 12.4 Å². The topological polar surface area (TPSA) is 67.3 Å². The lowest BCUT2D eigenvalue weighted by atomic mass is 10.1. The van der Waals surface area contributed by atoms with Crippen molar-refractivity contribution in [1.82, 2.24) is 14.5 Å². The van der Waals surface area contributed by atoms with Gasteiger partial charge >= 0.3 is 11.8 Å². The quantitative estimate of drug-likeness (QED) is 0.939. The number of aromatic amines is 1. The summed E-state index contributed by atoms with van der Waals surface area (Å²) in [6.45, 7) is 3.16. The average molecular weight is 326 g/mol. The van der Waals surface area contributed by atoms with Gasteiger partial charge in [0, 0.05) is 6.54 Å². The predicted molar refractivity (Wildman–Crippen MR) is 86.8 cm³/mol. The van der Waals surface area contributed by atoms with E-state index in [0.29, 0.717) is 17.6 Å². The van der Waals surface area contributed by atoms with Crippen LogP contribution in [0.2, 0.25) is 0 Å². The summed E-state index contributed by atoms with van der Waals surface area (Å²) >= 11 is 0. The van der Waals surface area contributed by atoms with E-state index >= 15 is 0 Å². The number of carbonyl (C=O) groups is 1. The number of nitrogens with one attached hydrogen (secondary N) is 1. The molecule has 3 rings (SSSR count). The second-order valence-electron chi connectivity index (χ2n) is 5.30. The second kappa shape index (κ2) is 7.47. The third-order valence-electron chi connectivity index (χ3n) is 3.85. The number of carbonyl (C=O) groups excluding carboxylic acids is 1. The minimum atomic E-state index is -0.616. The van der Waals surface area contributed by atoms with Gasteiger partial charge in [-0.25, -0.2) is 9.59 Å². The lowest BCUT2D eigenvalue weighted by molar-refractivity contribution is 0.122. The molecule has 1 aromatic carbocycles. The predicted octanol–water partition coefficient (Wildman–Crippen LogP) is 2.22. The maximum Gasteiger partial charge on any atom is 0.422 e. The molecule has 7 heteroatoms. The molecule has 2 aromatic rings. The van der Waals surface area contributed by atoms with Gasteiger partial charge in [0.15, 0.2) is 0 Å². The molecule has 120 valence electrons. The van der Waals surface area contributed by atoms with Gasteiger partial charge in [0.05, 0.1) is 11.0 Å². The van der Waals surface area contributed by atoms with Crippen LogP contribution in [0.15, 0.2) is 29.1 Å². The van der Waals surface area contributed by atoms with Crippen molar-refractivity contribution in [2.24, 2.45) is 0 Å². The number of likely N-dealkylation sites (tertiary alicyclic amines) is 1. The van der Waals surface area contributed by atoms with Crippen LogP contribution in [0, 0.1) is 0 Å². The van der Waals surface area contributed by atoms with E-state index < -0.39 is 11.8 Å². The zero-order valence-electron chi connectivity index (χ0n) is 12.3. The number of piperidine rings is 1. The molecule has 1 aliphatic rings. The molecule has 0 aliphatic carbocycles. The van der Waals surface area contributed by atoms with Gasteiger partial charge in [-0.1, -0.05) is 18.6 Å². The number of hydrogen-bond acceptors (Lipinski definition) is 4. The maximum atomic E-state index is 12.1. The Kier molecular flexibility index (Phi) is 5.63. The standard InChI is InChI=1S/C15H19N3O3.ClH/c19-14-16-12-6-2-3-7-13(12)18(14)15(20)21-11-10-17-8-4-1-5-9-17;/h2-3,6-7H,1,4-5,8-11H2,(H,16,19);1H. The molecule has 0 saturated carbocycles. The summed E-state index contributed by atoms with van der Waals surface area (Å²) in [7, 11) is 0. The van der Waals surface area contributed by atoms with Crippen LogP contribution < -0.4 is 5.69 Å². The number of nitrogens with zero attached hydrogens (tertiary/aromatic N) is 2. The fraction of sp³-hybridized carbons (Fsp3) is 0.467. The fourth-order valence-electron chi connectivity index (χ4n) is 2.75. The monoisotopic (exact) mass is 325 g/mol. The number of hydrogen-bond donors (Lipinski definition) is 1. The molecular weight excluding hydrogens is 306 g/mol. The van der Waals surface area contributed by atoms with Crippen LogP contribution in [0.3, 0.4) is 0 Å². The van der Waals surface area contributed by atoms with E-state index in [2.05, 4.69) is 9.88 Å². The molecule has 1 saturated heterocycles. The third kappa shape index (κ3) is 3.51. The molecule has 0 amide bonds. The highest BCUT2D eigenvalue weighted by Gasteiger charge is 2.16. The van der Waals surface area contributed by atoms with Gasteiger partial charge in [-0.15, -0.1) is 12.4 Å². The number of imidazole rings is 1. The van der Waals surface area contributed by atoms with Crippen LogP contribution in [0.5, 0.6) is 0 Å². The Labute approximate surface area is 134 Å². The zero-order chi connectivity index (χ0) is 14.7. The van der Waals surface area contributed by atoms with Crippen molar-refractivity contribution < 1.29 is 9.53 Å². The van der Waals surface area contributed by atoms with Gasteiger partial charge in [-0.3, -0.25) is 4.90 Å². The van der Waals surface area contributed by atoms with Gasteiger partial charge in [0.2, 0.25) is 0 Å². The van der Waals surface area contributed by atoms with Crippen LogP contribution in [0.1, 0.15) is 19.3 Å². The Bertz CT molecular complexity index is 689. The average Bonchev–Trinajstić information content (AvgIpc) is 2.84. The summed E-state index contributed by atoms with van der Waals surface area (Å²) in [5.74, 6) is 0. The van der Waals surface area contributed by atoms with Gasteiger partial charge in [0.1, 0.15) is 6.61 Å². The lowest BCUT2D eigenvalue weighted by Crippen LogP contribution is -2.34. The summed E-state index contributed by atoms with van der Waals surface area (Å²) in [5.41, 5.74) is 0.722. The Morgan fingerprint density at radius 2 is 1.91 bits per heavy atom. The number of rotatable bonds is 3. The first kappa shape index (κ1) is 16.6. The third-order valence-corrected chi connectivity index (χ3v) is 3.85. The van der Waals surface area contributed by atoms with Crippen LogP contribution in [-0.2, 0) is 4.74 Å². The van der Waals surface area contributed by atoms with E-state index in [0.717, 1.165) is 24.2 Å². The highest BCUT2D eigenvalue weighted by atomic mass is 35.5. The molecule has 22 heavy (non-hydrogen) atoms. The Morgan fingerprint density at radius 3 is 2.68 bits per heavy atom. The van der Waals surface area contributed by atoms with Crippen LogP contribution in [0.25, 0.3) is 11.0 Å². The van der Waals surface area contributed by atoms with Crippen molar-refractivity contribution in [2.45, 2.75) is 19.3 Å². The SMILES string of the molecule is Cl.O=C(OCCN1CCCCC1)n1c(=O)[nH]c2ccccc21. The largest absolute Gasteiger partial charge is 0.447 e. The lowest BCUT2D eigenvalue weighted by Gasteiger charge is -2.25. The summed E-state index contributed by atoms with van der Waals surface area (Å²) in [6.07, 6.45) is 3.07. The van der Waals surface area contributed by atoms with Gasteiger partial charge in [0.25, 0.3) is 0 Å². The number of halogens is 1. The highest BCUT2D eigenvalue weighted by Crippen LogP contribution is 2.10. The van der Waals surface area contributed by atoms with Crippen molar-refractivity contribution in [3.8, 4) is 0 Å². The van der Waals surface area contributed by atoms with Crippen molar-refractivity contribution in [3.63, 3.8) is 0 Å². The van der Waals surface area contributed by atoms with E-state index in [4.69, 9.17) is 4.74 Å². The Morgan fingerprint density at radius 1 is 1.18 bits per heavy atom. The first-order valence-electron chi connectivity index (χ1n) is 7.35. The molecule has 1 aromatic heterocycles. The van der Waals surface area contributed by atoms with E-state index in [1.807, 2.05) is 6.07 Å². The Balaban J connectivity index is 0.00000176. The van der Waals surface area contributed by atoms with Gasteiger partial charge in [-0.05, 0) is 38.1 Å². The molecule has 0 radical (unpaired) electrons. The van der Waals surface area contributed by atoms with Crippen molar-refractivity contribution in [3.05, 3.63) is 34.7 Å². The summed E-state index contributed by atoms with van der Waals surface area (Å²) in [5, 5.41) is 0. The van der Waals surface area contributed by atoms with Crippen molar-refractivity contribution >= 4 is 29.5 Å². The van der Waals surface area contributed by atoms with Crippen LogP contribution in [-0.4, -0.2) is 46.8 Å². The number of para-hydroxylation sites is 2. The van der Waals surface area contributed by atoms with E-state index in [1.54, 1.807) is 18.2 Å². The van der Waals surface area contributed by atoms with Crippen LogP contribution >= 0.6 is 12.4 Å². The number of benzene rings is 1. The fourth-order valence-corrected chi connectivity index (χ4v) is 2.75. The Hall–Kier alpha value is -1.79. The molecule has 2 heterocycles. The molecule has 1 fully saturated rings. The van der Waals surface area contributed by atoms with E-state index in [1.165, 1.54) is 19.3 Å². The smallest absolute Gasteiger partial charge is 0.422 e. The molecule has 0 unspecified atom stereocenters. The normalized spacial score (nSPS) is 15.5. The first-order valence-corrected chi connectivity index (χ1v) is 7.35. The van der Waals surface area contributed by atoms with Crippen molar-refractivity contribution in [1.29, 1.82) is 0 Å². The molecule has 6 nitrogen and oxygen atoms in total. The molecule has 0 atom stereocenters. The number of fused-ring (bicyclic) bond motifs is 1. The van der Waals surface area contributed by atoms with Crippen molar-refractivity contribution in [2.75, 3.05) is 26.2 Å². The van der Waals surface area contributed by atoms with Crippen LogP contribution in [0.4, 0.5) is 4.79 Å². The highest BCUT2D eigenvalue weighted by molar-refractivity contribution is 5.86. The number of ether oxygens (including phenoxy) is 1. The number of H-pyrrole nitrogens is 1. The molecule has 1 N–H and O–H groups in total. The first-order chi connectivity index (χ1) is 10.3. The molecule has 0 spiro atoms. The second-order valence-corrected chi connectivity index (χ2v) is 5.30. The minimum absolute atomic E-state index is 0. The molecular formula is C15H20ClN3O3. The maximum absolute atomic E-state index is 12.1. The minimum Gasteiger partial charge on any atom is -0.447 e. The molecule has 1 aliphatic heterocycles. The summed E-state index contributed by atoms with van der Waals surface area (Å²) in [6, 6.07) is 7.07. The van der Waals surface area contributed by atoms with Gasteiger partial charge < -0.3 is 9.72 Å².